The maximum atomic E-state index is 12.4. The lowest BCUT2D eigenvalue weighted by atomic mass is 10.1. The van der Waals surface area contributed by atoms with Crippen LogP contribution >= 0.6 is 0 Å². The van der Waals surface area contributed by atoms with Gasteiger partial charge in [-0.05, 0) is 52.9 Å². The van der Waals surface area contributed by atoms with Crippen molar-refractivity contribution in [3.8, 4) is 11.1 Å². The van der Waals surface area contributed by atoms with Gasteiger partial charge in [-0.1, -0.05) is 47.7 Å². The van der Waals surface area contributed by atoms with Crippen molar-refractivity contribution in [2.75, 3.05) is 5.32 Å². The number of aromatic nitrogens is 3. The zero-order chi connectivity index (χ0) is 17.5. The zero-order valence-electron chi connectivity index (χ0n) is 14.0. The minimum atomic E-state index is -0.115. The van der Waals surface area contributed by atoms with Gasteiger partial charge >= 0.3 is 0 Å². The third-order valence-corrected chi connectivity index (χ3v) is 4.79. The number of rotatable bonds is 3. The van der Waals surface area contributed by atoms with Crippen LogP contribution in [0.5, 0.6) is 0 Å². The number of benzene rings is 3. The first kappa shape index (κ1) is 14.8. The van der Waals surface area contributed by atoms with E-state index in [4.69, 9.17) is 0 Å². The number of carbonyl (C=O) groups excluding carboxylic acids is 1. The smallest absolute Gasteiger partial charge is 0.246 e. The van der Waals surface area contributed by atoms with Crippen molar-refractivity contribution in [1.82, 2.24) is 15.0 Å². The number of hydrogen-bond acceptors (Lipinski definition) is 3. The van der Waals surface area contributed by atoms with E-state index in [0.717, 1.165) is 23.1 Å². The highest BCUT2D eigenvalue weighted by atomic mass is 16.2. The fourth-order valence-electron chi connectivity index (χ4n) is 3.59. The quantitative estimate of drug-likeness (QED) is 0.545. The normalized spacial score (nSPS) is 12.0. The molecule has 0 spiro atoms. The summed E-state index contributed by atoms with van der Waals surface area (Å²) in [7, 11) is 0. The van der Waals surface area contributed by atoms with E-state index in [9.17, 15) is 4.79 Å². The van der Waals surface area contributed by atoms with E-state index in [2.05, 4.69) is 52.0 Å². The van der Waals surface area contributed by atoms with Gasteiger partial charge in [0.25, 0.3) is 0 Å². The first-order valence-electron chi connectivity index (χ1n) is 8.57. The number of amides is 1. The van der Waals surface area contributed by atoms with Gasteiger partial charge in [-0.3, -0.25) is 4.79 Å². The summed E-state index contributed by atoms with van der Waals surface area (Å²) in [5.74, 6) is -0.115. The predicted molar refractivity (Wildman–Crippen MR) is 101 cm³/mol. The van der Waals surface area contributed by atoms with Crippen LogP contribution in [-0.2, 0) is 17.8 Å². The molecule has 1 aliphatic carbocycles. The summed E-state index contributed by atoms with van der Waals surface area (Å²) in [6.45, 7) is 0.137. The molecule has 0 atom stereocenters. The molecule has 3 aromatic carbocycles. The highest BCUT2D eigenvalue weighted by molar-refractivity contribution is 5.92. The van der Waals surface area contributed by atoms with Crippen LogP contribution < -0.4 is 5.32 Å². The summed E-state index contributed by atoms with van der Waals surface area (Å²) in [5, 5.41) is 11.1. The third kappa shape index (κ3) is 2.45. The van der Waals surface area contributed by atoms with Gasteiger partial charge in [0.05, 0.1) is 5.52 Å². The van der Waals surface area contributed by atoms with E-state index in [1.807, 2.05) is 30.3 Å². The molecule has 0 bridgehead atoms. The topological polar surface area (TPSA) is 59.8 Å². The maximum absolute atomic E-state index is 12.4. The van der Waals surface area contributed by atoms with Gasteiger partial charge in [-0.2, -0.15) is 0 Å². The summed E-state index contributed by atoms with van der Waals surface area (Å²) in [6, 6.07) is 22.2. The minimum absolute atomic E-state index is 0.115. The highest BCUT2D eigenvalue weighted by Crippen LogP contribution is 2.37. The fraction of sp³-hybridized carbons (Fsp3) is 0.0952. The van der Waals surface area contributed by atoms with Gasteiger partial charge < -0.3 is 5.32 Å². The highest BCUT2D eigenvalue weighted by Gasteiger charge is 2.18. The number of hydrogen-bond donors (Lipinski definition) is 1. The number of carbonyl (C=O) groups is 1. The Labute approximate surface area is 150 Å². The second kappa shape index (κ2) is 5.81. The number of nitrogens with one attached hydrogen (secondary N) is 1. The molecule has 5 heteroatoms. The number of fused-ring (bicyclic) bond motifs is 4. The van der Waals surface area contributed by atoms with E-state index in [1.54, 1.807) is 4.68 Å². The molecule has 0 fully saturated rings. The van der Waals surface area contributed by atoms with Crippen LogP contribution in [0, 0.1) is 0 Å². The van der Waals surface area contributed by atoms with Crippen molar-refractivity contribution < 1.29 is 4.79 Å². The molecule has 0 saturated carbocycles. The third-order valence-electron chi connectivity index (χ3n) is 4.79. The Kier molecular flexibility index (Phi) is 3.31. The molecule has 26 heavy (non-hydrogen) atoms. The Bertz CT molecular complexity index is 1150. The van der Waals surface area contributed by atoms with Crippen LogP contribution in [0.4, 0.5) is 5.69 Å². The molecule has 5 nitrogen and oxygen atoms in total. The second-order valence-electron chi connectivity index (χ2n) is 6.49. The summed E-state index contributed by atoms with van der Waals surface area (Å²) in [4.78, 5) is 12.4. The average Bonchev–Trinajstić information content (AvgIpc) is 3.22. The molecule has 5 rings (SSSR count). The molecule has 1 heterocycles. The van der Waals surface area contributed by atoms with Gasteiger partial charge in [0.1, 0.15) is 12.1 Å². The van der Waals surface area contributed by atoms with Crippen molar-refractivity contribution in [2.45, 2.75) is 13.0 Å². The summed E-state index contributed by atoms with van der Waals surface area (Å²) in [6.07, 6.45) is 0.906. The first-order valence-corrected chi connectivity index (χ1v) is 8.57. The summed E-state index contributed by atoms with van der Waals surface area (Å²) >= 11 is 0. The Morgan fingerprint density at radius 2 is 1.77 bits per heavy atom. The molecule has 4 aromatic rings. The molecule has 0 aliphatic heterocycles. The fourth-order valence-corrected chi connectivity index (χ4v) is 3.59. The Hall–Kier alpha value is -3.47. The van der Waals surface area contributed by atoms with Gasteiger partial charge in [-0.15, -0.1) is 5.10 Å². The number of anilines is 1. The molecule has 0 radical (unpaired) electrons. The molecular formula is C21H16N4O. The van der Waals surface area contributed by atoms with Crippen LogP contribution in [0.15, 0.2) is 66.7 Å². The van der Waals surface area contributed by atoms with Crippen LogP contribution in [-0.4, -0.2) is 20.9 Å². The standard InChI is InChI=1S/C21H16N4O/c26-21(13-25-20-8-4-3-7-19(20)23-24-25)22-16-9-10-18-15(12-16)11-14-5-1-2-6-17(14)18/h1-10,12H,11,13H2,(H,22,26). The zero-order valence-corrected chi connectivity index (χ0v) is 14.0. The van der Waals surface area contributed by atoms with Crippen LogP contribution in [0.2, 0.25) is 0 Å². The molecule has 126 valence electrons. The summed E-state index contributed by atoms with van der Waals surface area (Å²) in [5.41, 5.74) is 7.57. The lowest BCUT2D eigenvalue weighted by Crippen LogP contribution is -2.19. The molecular weight excluding hydrogens is 324 g/mol. The molecule has 1 amide bonds. The molecule has 1 aromatic heterocycles. The SMILES string of the molecule is O=C(Cn1nnc2ccccc21)Nc1ccc2c(c1)Cc1ccccc1-2. The molecule has 0 unspecified atom stereocenters. The van der Waals surface area contributed by atoms with Crippen molar-refractivity contribution in [2.24, 2.45) is 0 Å². The number of para-hydroxylation sites is 1. The van der Waals surface area contributed by atoms with E-state index in [0.29, 0.717) is 0 Å². The molecule has 1 N–H and O–H groups in total. The number of nitrogens with zero attached hydrogens (tertiary/aromatic N) is 3. The second-order valence-corrected chi connectivity index (χ2v) is 6.49. The van der Waals surface area contributed by atoms with E-state index in [1.165, 1.54) is 22.3 Å². The van der Waals surface area contributed by atoms with Crippen molar-refractivity contribution >= 4 is 22.6 Å². The largest absolute Gasteiger partial charge is 0.324 e. The summed E-state index contributed by atoms with van der Waals surface area (Å²) < 4.78 is 1.62. The van der Waals surface area contributed by atoms with Gasteiger partial charge in [-0.25, -0.2) is 4.68 Å². The van der Waals surface area contributed by atoms with Gasteiger partial charge in [0.15, 0.2) is 0 Å². The monoisotopic (exact) mass is 340 g/mol. The van der Waals surface area contributed by atoms with Gasteiger partial charge in [0.2, 0.25) is 5.91 Å². The van der Waals surface area contributed by atoms with E-state index >= 15 is 0 Å². The van der Waals surface area contributed by atoms with E-state index in [-0.39, 0.29) is 12.5 Å². The van der Waals surface area contributed by atoms with Gasteiger partial charge in [0, 0.05) is 5.69 Å². The maximum Gasteiger partial charge on any atom is 0.246 e. The Balaban J connectivity index is 1.36. The van der Waals surface area contributed by atoms with E-state index < -0.39 is 0 Å². The lowest BCUT2D eigenvalue weighted by Gasteiger charge is -2.08. The average molecular weight is 340 g/mol. The Morgan fingerprint density at radius 3 is 2.73 bits per heavy atom. The predicted octanol–water partition coefficient (Wildman–Crippen LogP) is 3.64. The van der Waals surface area contributed by atoms with Crippen molar-refractivity contribution in [1.29, 1.82) is 0 Å². The van der Waals surface area contributed by atoms with Crippen LogP contribution in [0.3, 0.4) is 0 Å². The van der Waals surface area contributed by atoms with Crippen LogP contribution in [0.1, 0.15) is 11.1 Å². The Morgan fingerprint density at radius 1 is 0.962 bits per heavy atom. The minimum Gasteiger partial charge on any atom is -0.324 e. The first-order chi connectivity index (χ1) is 12.8. The molecule has 0 saturated heterocycles. The molecule has 1 aliphatic rings. The van der Waals surface area contributed by atoms with Crippen LogP contribution in [0.25, 0.3) is 22.2 Å². The lowest BCUT2D eigenvalue weighted by molar-refractivity contribution is -0.116. The van der Waals surface area contributed by atoms with Crippen molar-refractivity contribution in [3.63, 3.8) is 0 Å². The van der Waals surface area contributed by atoms with Crippen molar-refractivity contribution in [3.05, 3.63) is 77.9 Å².